The van der Waals surface area contributed by atoms with Crippen molar-refractivity contribution in [1.82, 2.24) is 5.32 Å². The highest BCUT2D eigenvalue weighted by Gasteiger charge is 2.30. The zero-order chi connectivity index (χ0) is 9.84. The van der Waals surface area contributed by atoms with Gasteiger partial charge in [-0.15, -0.1) is 0 Å². The van der Waals surface area contributed by atoms with Crippen molar-refractivity contribution in [2.75, 3.05) is 13.2 Å². The number of carbonyl (C=O) groups is 2. The lowest BCUT2D eigenvalue weighted by atomic mass is 10.1. The minimum absolute atomic E-state index is 0.251. The molecule has 3 N–H and O–H groups in total. The van der Waals surface area contributed by atoms with E-state index in [0.717, 1.165) is 0 Å². The number of ether oxygens (including phenoxy) is 1. The standard InChI is InChI=1S/C7H11NO5/c9-3-4-2-8-5(1-6(10)11)7(12)13-4/h4-5,8-9H,1-3H2,(H,10,11). The Labute approximate surface area is 74.5 Å². The highest BCUT2D eigenvalue weighted by molar-refractivity contribution is 5.82. The lowest BCUT2D eigenvalue weighted by Gasteiger charge is -2.27. The molecule has 0 amide bonds. The number of esters is 1. The summed E-state index contributed by atoms with van der Waals surface area (Å²) in [6.07, 6.45) is -0.852. The molecule has 2 unspecified atom stereocenters. The molecular weight excluding hydrogens is 178 g/mol. The molecule has 0 spiro atoms. The van der Waals surface area contributed by atoms with Gasteiger partial charge in [0.2, 0.25) is 0 Å². The maximum absolute atomic E-state index is 11.0. The molecule has 1 rings (SSSR count). The minimum Gasteiger partial charge on any atom is -0.481 e. The SMILES string of the molecule is O=C(O)CC1NCC(CO)OC1=O. The van der Waals surface area contributed by atoms with E-state index in [-0.39, 0.29) is 13.0 Å². The predicted molar refractivity (Wildman–Crippen MR) is 41.0 cm³/mol. The van der Waals surface area contributed by atoms with E-state index in [4.69, 9.17) is 14.9 Å². The number of hydrogen-bond acceptors (Lipinski definition) is 5. The van der Waals surface area contributed by atoms with Crippen LogP contribution in [0.1, 0.15) is 6.42 Å². The van der Waals surface area contributed by atoms with Crippen LogP contribution >= 0.6 is 0 Å². The predicted octanol–water partition coefficient (Wildman–Crippen LogP) is -1.66. The first-order valence-electron chi connectivity index (χ1n) is 3.90. The smallest absolute Gasteiger partial charge is 0.324 e. The summed E-state index contributed by atoms with van der Waals surface area (Å²) in [4.78, 5) is 21.3. The van der Waals surface area contributed by atoms with Gasteiger partial charge in [-0.2, -0.15) is 0 Å². The van der Waals surface area contributed by atoms with Crippen molar-refractivity contribution in [3.05, 3.63) is 0 Å². The second-order valence-electron chi connectivity index (χ2n) is 2.80. The van der Waals surface area contributed by atoms with E-state index in [1.54, 1.807) is 0 Å². The molecule has 1 aliphatic rings. The van der Waals surface area contributed by atoms with Crippen molar-refractivity contribution >= 4 is 11.9 Å². The summed E-state index contributed by atoms with van der Waals surface area (Å²) < 4.78 is 4.73. The third-order valence-corrected chi connectivity index (χ3v) is 1.74. The van der Waals surface area contributed by atoms with Gasteiger partial charge in [0.05, 0.1) is 13.0 Å². The molecule has 1 saturated heterocycles. The number of carbonyl (C=O) groups excluding carboxylic acids is 1. The summed E-state index contributed by atoms with van der Waals surface area (Å²) in [6.45, 7) is 0.0404. The van der Waals surface area contributed by atoms with Crippen LogP contribution in [-0.2, 0) is 14.3 Å². The average Bonchev–Trinajstić information content (AvgIpc) is 2.08. The number of carboxylic acids is 1. The number of aliphatic hydroxyl groups excluding tert-OH is 1. The minimum atomic E-state index is -1.06. The molecule has 0 saturated carbocycles. The van der Waals surface area contributed by atoms with Crippen molar-refractivity contribution in [3.63, 3.8) is 0 Å². The second-order valence-corrected chi connectivity index (χ2v) is 2.80. The van der Waals surface area contributed by atoms with Gasteiger partial charge in [-0.3, -0.25) is 9.59 Å². The van der Waals surface area contributed by atoms with Gasteiger partial charge in [0.1, 0.15) is 12.1 Å². The Kier molecular flexibility index (Phi) is 3.21. The number of cyclic esters (lactones) is 1. The molecule has 0 aromatic heterocycles. The van der Waals surface area contributed by atoms with Crippen molar-refractivity contribution in [3.8, 4) is 0 Å². The molecule has 0 aromatic rings. The zero-order valence-electron chi connectivity index (χ0n) is 6.90. The molecule has 0 aliphatic carbocycles. The largest absolute Gasteiger partial charge is 0.481 e. The Bertz CT molecular complexity index is 217. The first-order chi connectivity index (χ1) is 6.13. The molecule has 1 aliphatic heterocycles. The molecule has 0 aromatic carbocycles. The molecule has 13 heavy (non-hydrogen) atoms. The maximum Gasteiger partial charge on any atom is 0.324 e. The number of rotatable bonds is 3. The van der Waals surface area contributed by atoms with Crippen LogP contribution in [0, 0.1) is 0 Å². The zero-order valence-corrected chi connectivity index (χ0v) is 6.90. The molecule has 6 heteroatoms. The molecule has 74 valence electrons. The van der Waals surface area contributed by atoms with Gasteiger partial charge in [0, 0.05) is 6.54 Å². The third kappa shape index (κ3) is 2.67. The monoisotopic (exact) mass is 189 g/mol. The van der Waals surface area contributed by atoms with Gasteiger partial charge in [-0.05, 0) is 0 Å². The van der Waals surface area contributed by atoms with Crippen LogP contribution in [0.15, 0.2) is 0 Å². The van der Waals surface area contributed by atoms with Crippen molar-refractivity contribution in [1.29, 1.82) is 0 Å². The van der Waals surface area contributed by atoms with Crippen LogP contribution in [0.5, 0.6) is 0 Å². The van der Waals surface area contributed by atoms with Gasteiger partial charge in [0.25, 0.3) is 0 Å². The number of carboxylic acid groups (broad SMARTS) is 1. The lowest BCUT2D eigenvalue weighted by Crippen LogP contribution is -2.51. The van der Waals surface area contributed by atoms with Crippen molar-refractivity contribution in [2.45, 2.75) is 18.6 Å². The summed E-state index contributed by atoms with van der Waals surface area (Å²) in [5.41, 5.74) is 0. The van der Waals surface area contributed by atoms with Crippen molar-refractivity contribution in [2.24, 2.45) is 0 Å². The van der Waals surface area contributed by atoms with Crippen molar-refractivity contribution < 1.29 is 24.5 Å². The Morgan fingerprint density at radius 2 is 2.38 bits per heavy atom. The van der Waals surface area contributed by atoms with E-state index >= 15 is 0 Å². The van der Waals surface area contributed by atoms with Crippen LogP contribution in [0.4, 0.5) is 0 Å². The van der Waals surface area contributed by atoms with Gasteiger partial charge in [-0.1, -0.05) is 0 Å². The number of aliphatic hydroxyl groups is 1. The average molecular weight is 189 g/mol. The van der Waals surface area contributed by atoms with Crippen LogP contribution < -0.4 is 5.32 Å². The Balaban J connectivity index is 2.44. The Morgan fingerprint density at radius 1 is 1.69 bits per heavy atom. The summed E-state index contributed by atoms with van der Waals surface area (Å²) in [7, 11) is 0. The van der Waals surface area contributed by atoms with Crippen LogP contribution in [-0.4, -0.2) is 47.4 Å². The van der Waals surface area contributed by atoms with Crippen LogP contribution in [0.2, 0.25) is 0 Å². The molecule has 1 heterocycles. The fourth-order valence-electron chi connectivity index (χ4n) is 1.08. The van der Waals surface area contributed by atoms with Gasteiger partial charge in [0.15, 0.2) is 0 Å². The summed E-state index contributed by atoms with van der Waals surface area (Å²) in [6, 6.07) is -0.791. The fourth-order valence-corrected chi connectivity index (χ4v) is 1.08. The number of nitrogens with one attached hydrogen (secondary N) is 1. The summed E-state index contributed by atoms with van der Waals surface area (Å²) in [5.74, 6) is -1.68. The topological polar surface area (TPSA) is 95.9 Å². The lowest BCUT2D eigenvalue weighted by molar-refractivity contribution is -0.161. The molecular formula is C7H11NO5. The Morgan fingerprint density at radius 3 is 2.85 bits per heavy atom. The normalized spacial score (nSPS) is 28.2. The number of aliphatic carboxylic acids is 1. The highest BCUT2D eigenvalue weighted by atomic mass is 16.6. The Hall–Kier alpha value is -1.14. The first-order valence-corrected chi connectivity index (χ1v) is 3.90. The van der Waals surface area contributed by atoms with E-state index < -0.39 is 24.1 Å². The van der Waals surface area contributed by atoms with E-state index in [1.165, 1.54) is 0 Å². The van der Waals surface area contributed by atoms with Gasteiger partial charge < -0.3 is 20.3 Å². The first kappa shape index (κ1) is 9.94. The van der Waals surface area contributed by atoms with E-state index in [2.05, 4.69) is 5.32 Å². The van der Waals surface area contributed by atoms with Crippen LogP contribution in [0.3, 0.4) is 0 Å². The van der Waals surface area contributed by atoms with E-state index in [9.17, 15) is 9.59 Å². The summed E-state index contributed by atoms with van der Waals surface area (Å²) >= 11 is 0. The third-order valence-electron chi connectivity index (χ3n) is 1.74. The van der Waals surface area contributed by atoms with E-state index in [0.29, 0.717) is 6.54 Å². The maximum atomic E-state index is 11.0. The molecule has 0 bridgehead atoms. The van der Waals surface area contributed by atoms with Gasteiger partial charge in [-0.25, -0.2) is 0 Å². The molecule has 6 nitrogen and oxygen atoms in total. The van der Waals surface area contributed by atoms with E-state index in [1.807, 2.05) is 0 Å². The second kappa shape index (κ2) is 4.20. The molecule has 1 fully saturated rings. The number of hydrogen-bond donors (Lipinski definition) is 3. The highest BCUT2D eigenvalue weighted by Crippen LogP contribution is 2.05. The molecule has 0 radical (unpaired) electrons. The van der Waals surface area contributed by atoms with Gasteiger partial charge >= 0.3 is 11.9 Å². The fraction of sp³-hybridized carbons (Fsp3) is 0.714. The quantitative estimate of drug-likeness (QED) is 0.460. The summed E-state index contributed by atoms with van der Waals surface area (Å²) in [5, 5.41) is 19.7. The molecule has 2 atom stereocenters. The van der Waals surface area contributed by atoms with Crippen LogP contribution in [0.25, 0.3) is 0 Å². The number of morpholine rings is 1.